The summed E-state index contributed by atoms with van der Waals surface area (Å²) in [7, 11) is 0. The summed E-state index contributed by atoms with van der Waals surface area (Å²) in [5, 5.41) is 10.1. The van der Waals surface area contributed by atoms with Crippen molar-refractivity contribution in [2.75, 3.05) is 0 Å². The summed E-state index contributed by atoms with van der Waals surface area (Å²) in [6.45, 7) is 1.38. The van der Waals surface area contributed by atoms with Crippen LogP contribution in [0.15, 0.2) is 18.2 Å². The predicted octanol–water partition coefficient (Wildman–Crippen LogP) is 1.91. The Kier molecular flexibility index (Phi) is 2.38. The molecule has 1 aromatic rings. The van der Waals surface area contributed by atoms with Gasteiger partial charge in [-0.15, -0.1) is 0 Å². The number of aryl methyl sites for hydroxylation is 1. The number of rotatable bonds is 2. The molecule has 0 heterocycles. The molecule has 1 aromatic carbocycles. The van der Waals surface area contributed by atoms with E-state index in [1.54, 1.807) is 13.0 Å². The first-order valence-electron chi connectivity index (χ1n) is 3.46. The molecule has 0 atom stereocenters. The molecule has 12 heavy (non-hydrogen) atoms. The third-order valence-corrected chi connectivity index (χ3v) is 1.41. The van der Waals surface area contributed by atoms with E-state index in [1.807, 2.05) is 0 Å². The van der Waals surface area contributed by atoms with Crippen molar-refractivity contribution in [3.05, 3.63) is 45.3 Å². The number of benzene rings is 1. The third-order valence-electron chi connectivity index (χ3n) is 1.41. The van der Waals surface area contributed by atoms with E-state index in [-0.39, 0.29) is 6.54 Å². The van der Waals surface area contributed by atoms with Gasteiger partial charge in [0.15, 0.2) is 0 Å². The first-order valence-corrected chi connectivity index (χ1v) is 3.46. The standard InChI is InChI=1S/C8H8FNO2/c1-6-2-7(5-10(11)12)4-8(9)3-6/h2-4H,5H2,1H3. The van der Waals surface area contributed by atoms with Gasteiger partial charge >= 0.3 is 0 Å². The molecule has 0 N–H and O–H groups in total. The summed E-state index contributed by atoms with van der Waals surface area (Å²) in [6.07, 6.45) is 0. The Morgan fingerprint density at radius 3 is 2.67 bits per heavy atom. The highest BCUT2D eigenvalue weighted by Crippen LogP contribution is 2.08. The Morgan fingerprint density at radius 1 is 1.50 bits per heavy atom. The summed E-state index contributed by atoms with van der Waals surface area (Å²) in [5.74, 6) is -0.424. The molecule has 0 aromatic heterocycles. The molecule has 0 unspecified atom stereocenters. The Hall–Kier alpha value is -1.45. The van der Waals surface area contributed by atoms with E-state index in [2.05, 4.69) is 0 Å². The maximum atomic E-state index is 12.7. The van der Waals surface area contributed by atoms with Gasteiger partial charge < -0.3 is 0 Å². The summed E-state index contributed by atoms with van der Waals surface area (Å²) in [4.78, 5) is 9.60. The highest BCUT2D eigenvalue weighted by atomic mass is 19.1. The zero-order chi connectivity index (χ0) is 9.14. The van der Waals surface area contributed by atoms with Gasteiger partial charge in [0.1, 0.15) is 5.82 Å². The summed E-state index contributed by atoms with van der Waals surface area (Å²) < 4.78 is 12.7. The highest BCUT2D eigenvalue weighted by Gasteiger charge is 2.03. The van der Waals surface area contributed by atoms with E-state index in [0.29, 0.717) is 11.1 Å². The number of hydrogen-bond donors (Lipinski definition) is 0. The molecule has 0 bridgehead atoms. The van der Waals surface area contributed by atoms with Crippen molar-refractivity contribution in [3.63, 3.8) is 0 Å². The molecule has 64 valence electrons. The number of nitrogens with zero attached hydrogens (tertiary/aromatic N) is 1. The third kappa shape index (κ3) is 2.30. The smallest absolute Gasteiger partial charge is 0.229 e. The minimum atomic E-state index is -0.478. The lowest BCUT2D eigenvalue weighted by atomic mass is 10.1. The van der Waals surface area contributed by atoms with Crippen LogP contribution < -0.4 is 0 Å². The monoisotopic (exact) mass is 169 g/mol. The van der Waals surface area contributed by atoms with Crippen molar-refractivity contribution in [1.82, 2.24) is 0 Å². The van der Waals surface area contributed by atoms with Crippen LogP contribution in [0.25, 0.3) is 0 Å². The molecule has 1 rings (SSSR count). The van der Waals surface area contributed by atoms with Gasteiger partial charge in [-0.2, -0.15) is 0 Å². The van der Waals surface area contributed by atoms with E-state index in [9.17, 15) is 14.5 Å². The fourth-order valence-corrected chi connectivity index (χ4v) is 1.05. The normalized spacial score (nSPS) is 9.83. The second-order valence-corrected chi connectivity index (χ2v) is 2.63. The van der Waals surface area contributed by atoms with Crippen molar-refractivity contribution < 1.29 is 9.31 Å². The van der Waals surface area contributed by atoms with Crippen molar-refractivity contribution >= 4 is 0 Å². The van der Waals surface area contributed by atoms with Crippen molar-refractivity contribution in [2.24, 2.45) is 0 Å². The number of halogens is 1. The summed E-state index contributed by atoms with van der Waals surface area (Å²) in [5.41, 5.74) is 1.10. The van der Waals surface area contributed by atoms with E-state index < -0.39 is 10.7 Å². The molecule has 0 saturated heterocycles. The minimum absolute atomic E-state index is 0.321. The minimum Gasteiger partial charge on any atom is -0.264 e. The van der Waals surface area contributed by atoms with Crippen LogP contribution in [0.5, 0.6) is 0 Å². The number of nitro groups is 1. The van der Waals surface area contributed by atoms with Crippen LogP contribution in [0, 0.1) is 22.9 Å². The van der Waals surface area contributed by atoms with Crippen LogP contribution in [-0.2, 0) is 6.54 Å². The van der Waals surface area contributed by atoms with E-state index in [0.717, 1.165) is 0 Å². The Labute approximate surface area is 69.0 Å². The molecule has 4 heteroatoms. The summed E-state index contributed by atoms with van der Waals surface area (Å²) in [6, 6.07) is 4.12. The molecular formula is C8H8FNO2. The van der Waals surface area contributed by atoms with E-state index >= 15 is 0 Å². The topological polar surface area (TPSA) is 43.1 Å². The lowest BCUT2D eigenvalue weighted by molar-refractivity contribution is -0.496. The maximum Gasteiger partial charge on any atom is 0.229 e. The van der Waals surface area contributed by atoms with Crippen molar-refractivity contribution in [3.8, 4) is 0 Å². The van der Waals surface area contributed by atoms with Gasteiger partial charge in [-0.3, -0.25) is 10.1 Å². The molecule has 0 fully saturated rings. The Balaban J connectivity index is 2.93. The summed E-state index contributed by atoms with van der Waals surface area (Å²) >= 11 is 0. The molecule has 3 nitrogen and oxygen atoms in total. The first kappa shape index (κ1) is 8.64. The predicted molar refractivity (Wildman–Crippen MR) is 41.8 cm³/mol. The van der Waals surface area contributed by atoms with Gasteiger partial charge in [-0.25, -0.2) is 4.39 Å². The van der Waals surface area contributed by atoms with E-state index in [1.165, 1.54) is 12.1 Å². The lowest BCUT2D eigenvalue weighted by Crippen LogP contribution is -1.98. The second kappa shape index (κ2) is 3.30. The van der Waals surface area contributed by atoms with Crippen molar-refractivity contribution in [1.29, 1.82) is 0 Å². The zero-order valence-corrected chi connectivity index (χ0v) is 6.58. The SMILES string of the molecule is Cc1cc(F)cc(C[N+](=O)[O-])c1. The molecule has 0 aliphatic heterocycles. The molecule has 0 saturated carbocycles. The largest absolute Gasteiger partial charge is 0.264 e. The molecule has 0 aliphatic carbocycles. The molecule has 0 amide bonds. The quantitative estimate of drug-likeness (QED) is 0.501. The fraction of sp³-hybridized carbons (Fsp3) is 0.250. The fourth-order valence-electron chi connectivity index (χ4n) is 1.05. The molecule has 0 aliphatic rings. The Morgan fingerprint density at radius 2 is 2.17 bits per heavy atom. The first-order chi connectivity index (χ1) is 5.58. The average Bonchev–Trinajstić information content (AvgIpc) is 1.81. The molecule has 0 spiro atoms. The average molecular weight is 169 g/mol. The van der Waals surface area contributed by atoms with Gasteiger partial charge in [-0.05, 0) is 30.7 Å². The van der Waals surface area contributed by atoms with Gasteiger partial charge in [0, 0.05) is 10.5 Å². The van der Waals surface area contributed by atoms with Crippen LogP contribution in [0.2, 0.25) is 0 Å². The van der Waals surface area contributed by atoms with Crippen LogP contribution >= 0.6 is 0 Å². The van der Waals surface area contributed by atoms with Gasteiger partial charge in [-0.1, -0.05) is 0 Å². The van der Waals surface area contributed by atoms with E-state index in [4.69, 9.17) is 0 Å². The highest BCUT2D eigenvalue weighted by molar-refractivity contribution is 5.22. The van der Waals surface area contributed by atoms with Crippen LogP contribution in [0.4, 0.5) is 4.39 Å². The maximum absolute atomic E-state index is 12.7. The zero-order valence-electron chi connectivity index (χ0n) is 6.58. The van der Waals surface area contributed by atoms with Gasteiger partial charge in [0.2, 0.25) is 6.54 Å². The van der Waals surface area contributed by atoms with Gasteiger partial charge in [0.05, 0.1) is 0 Å². The van der Waals surface area contributed by atoms with Crippen LogP contribution in [-0.4, -0.2) is 4.92 Å². The number of hydrogen-bond acceptors (Lipinski definition) is 2. The van der Waals surface area contributed by atoms with Crippen LogP contribution in [0.3, 0.4) is 0 Å². The lowest BCUT2D eigenvalue weighted by Gasteiger charge is -1.97. The van der Waals surface area contributed by atoms with Crippen LogP contribution in [0.1, 0.15) is 11.1 Å². The van der Waals surface area contributed by atoms with Gasteiger partial charge in [0.25, 0.3) is 0 Å². The van der Waals surface area contributed by atoms with Crippen molar-refractivity contribution in [2.45, 2.75) is 13.5 Å². The Bertz CT molecular complexity index is 292. The molecular weight excluding hydrogens is 161 g/mol. The molecule has 0 radical (unpaired) electrons. The second-order valence-electron chi connectivity index (χ2n) is 2.63.